The number of amidine groups is 1. The summed E-state index contributed by atoms with van der Waals surface area (Å²) in [5, 5.41) is 3.41. The monoisotopic (exact) mass is 696 g/mol. The third-order valence-corrected chi connectivity index (χ3v) is 7.50. The molecule has 0 bridgehead atoms. The van der Waals surface area contributed by atoms with Crippen LogP contribution >= 0.6 is 56.9 Å². The number of hydrogen-bond donors (Lipinski definition) is 1. The number of amides is 1. The van der Waals surface area contributed by atoms with Gasteiger partial charge in [-0.05, 0) is 123 Å². The summed E-state index contributed by atoms with van der Waals surface area (Å²) in [5.41, 5.74) is 4.00. The molecular formula is C26H22I2N2O3S. The Bertz CT molecular complexity index is 1260. The number of thioether (sulfide) groups is 1. The fourth-order valence-electron chi connectivity index (χ4n) is 3.25. The van der Waals surface area contributed by atoms with Crippen molar-refractivity contribution < 1.29 is 14.3 Å². The highest BCUT2D eigenvalue weighted by Crippen LogP contribution is 2.36. The molecule has 0 atom stereocenters. The Balaban J connectivity index is 1.51. The summed E-state index contributed by atoms with van der Waals surface area (Å²) < 4.78 is 13.8. The minimum atomic E-state index is -0.165. The molecule has 0 saturated carbocycles. The zero-order chi connectivity index (χ0) is 24.1. The van der Waals surface area contributed by atoms with Crippen molar-refractivity contribution in [1.82, 2.24) is 5.32 Å². The van der Waals surface area contributed by atoms with Gasteiger partial charge in [-0.25, -0.2) is 4.99 Å². The lowest BCUT2D eigenvalue weighted by atomic mass is 10.1. The second kappa shape index (κ2) is 11.6. The van der Waals surface area contributed by atoms with Gasteiger partial charge in [-0.1, -0.05) is 31.2 Å². The molecule has 0 unspecified atom stereocenters. The lowest BCUT2D eigenvalue weighted by Crippen LogP contribution is -2.19. The topological polar surface area (TPSA) is 59.9 Å². The van der Waals surface area contributed by atoms with Gasteiger partial charge in [0.15, 0.2) is 16.7 Å². The molecule has 1 saturated heterocycles. The standard InChI is InChI=1S/C26H22I2N2O3S/c1-3-16-6-10-20(11-7-16)29-26-30-25(31)23(34-26)14-18-12-21(28)24(22(13-18)32-2)33-15-17-4-8-19(27)9-5-17/h4-14H,3,15H2,1-2H3,(H,29,30,31)/b23-14-. The van der Waals surface area contributed by atoms with Crippen molar-refractivity contribution in [3.05, 3.63) is 89.4 Å². The van der Waals surface area contributed by atoms with Crippen LogP contribution in [0, 0.1) is 7.14 Å². The Morgan fingerprint density at radius 1 is 1.03 bits per heavy atom. The molecule has 0 aliphatic carbocycles. The van der Waals surface area contributed by atoms with Crippen molar-refractivity contribution in [2.75, 3.05) is 7.11 Å². The summed E-state index contributed by atoms with van der Waals surface area (Å²) in [7, 11) is 1.62. The molecule has 0 aromatic heterocycles. The average molecular weight is 696 g/mol. The predicted octanol–water partition coefficient (Wildman–Crippen LogP) is 6.94. The molecular weight excluding hydrogens is 674 g/mol. The van der Waals surface area contributed by atoms with E-state index in [-0.39, 0.29) is 5.91 Å². The summed E-state index contributed by atoms with van der Waals surface area (Å²) in [6.07, 6.45) is 2.82. The van der Waals surface area contributed by atoms with E-state index in [2.05, 4.69) is 74.5 Å². The van der Waals surface area contributed by atoms with Crippen molar-refractivity contribution in [3.63, 3.8) is 0 Å². The first-order valence-electron chi connectivity index (χ1n) is 10.6. The Hall–Kier alpha value is -2.05. The number of benzene rings is 3. The second-order valence-corrected chi connectivity index (χ2v) is 10.9. The summed E-state index contributed by atoms with van der Waals surface area (Å²) in [4.78, 5) is 17.7. The first-order chi connectivity index (χ1) is 16.4. The van der Waals surface area contributed by atoms with Crippen molar-refractivity contribution in [1.29, 1.82) is 0 Å². The van der Waals surface area contributed by atoms with Crippen LogP contribution in [0.4, 0.5) is 5.69 Å². The van der Waals surface area contributed by atoms with E-state index >= 15 is 0 Å². The zero-order valence-corrected chi connectivity index (χ0v) is 23.7. The molecule has 3 aromatic carbocycles. The van der Waals surface area contributed by atoms with E-state index in [1.807, 2.05) is 54.6 Å². The van der Waals surface area contributed by atoms with Crippen LogP contribution in [-0.2, 0) is 17.8 Å². The van der Waals surface area contributed by atoms with Crippen LogP contribution < -0.4 is 14.8 Å². The van der Waals surface area contributed by atoms with Gasteiger partial charge in [0.1, 0.15) is 6.61 Å². The van der Waals surface area contributed by atoms with Gasteiger partial charge in [0.05, 0.1) is 21.3 Å². The fraction of sp³-hybridized carbons (Fsp3) is 0.154. The lowest BCUT2D eigenvalue weighted by molar-refractivity contribution is -0.115. The van der Waals surface area contributed by atoms with E-state index < -0.39 is 0 Å². The van der Waals surface area contributed by atoms with Crippen LogP contribution in [0.15, 0.2) is 70.6 Å². The first kappa shape index (κ1) is 25.1. The van der Waals surface area contributed by atoms with Crippen molar-refractivity contribution >= 4 is 79.8 Å². The summed E-state index contributed by atoms with van der Waals surface area (Å²) in [6, 6.07) is 20.1. The van der Waals surface area contributed by atoms with Gasteiger partial charge < -0.3 is 14.8 Å². The third-order valence-electron chi connectivity index (χ3n) is 5.07. The smallest absolute Gasteiger partial charge is 0.264 e. The maximum Gasteiger partial charge on any atom is 0.264 e. The SMILES string of the molecule is CCc1ccc(N=C2NC(=O)/C(=C/c3cc(I)c(OCc4ccc(I)cc4)c(OC)c3)S2)cc1. The maximum atomic E-state index is 12.5. The molecule has 8 heteroatoms. The molecule has 1 N–H and O–H groups in total. The van der Waals surface area contributed by atoms with E-state index in [9.17, 15) is 4.79 Å². The predicted molar refractivity (Wildman–Crippen MR) is 156 cm³/mol. The second-order valence-electron chi connectivity index (χ2n) is 7.45. The van der Waals surface area contributed by atoms with Gasteiger partial charge in [-0.15, -0.1) is 0 Å². The highest BCUT2D eigenvalue weighted by Gasteiger charge is 2.24. The number of halogens is 2. The number of carbonyl (C=O) groups excluding carboxylic acids is 1. The van der Waals surface area contributed by atoms with Crippen LogP contribution in [0.25, 0.3) is 6.08 Å². The Kier molecular flexibility index (Phi) is 8.54. The molecule has 4 rings (SSSR count). The molecule has 0 radical (unpaired) electrons. The molecule has 1 aliphatic heterocycles. The number of rotatable bonds is 7. The van der Waals surface area contributed by atoms with E-state index in [0.29, 0.717) is 28.2 Å². The molecule has 1 amide bonds. The number of aryl methyl sites for hydroxylation is 1. The fourth-order valence-corrected chi connectivity index (χ4v) is 5.24. The minimum absolute atomic E-state index is 0.165. The van der Waals surface area contributed by atoms with E-state index in [1.165, 1.54) is 20.9 Å². The number of nitrogens with one attached hydrogen (secondary N) is 1. The summed E-state index contributed by atoms with van der Waals surface area (Å²) in [6.45, 7) is 2.56. The van der Waals surface area contributed by atoms with Crippen LogP contribution in [0.5, 0.6) is 11.5 Å². The van der Waals surface area contributed by atoms with Gasteiger partial charge in [0.2, 0.25) is 0 Å². The number of ether oxygens (including phenoxy) is 2. The van der Waals surface area contributed by atoms with E-state index in [0.717, 1.165) is 26.8 Å². The molecule has 1 heterocycles. The van der Waals surface area contributed by atoms with Crippen LogP contribution in [-0.4, -0.2) is 18.2 Å². The summed E-state index contributed by atoms with van der Waals surface area (Å²) >= 11 is 5.84. The third kappa shape index (κ3) is 6.33. The molecule has 34 heavy (non-hydrogen) atoms. The van der Waals surface area contributed by atoms with Crippen molar-refractivity contribution in [2.24, 2.45) is 4.99 Å². The Labute approximate surface area is 230 Å². The lowest BCUT2D eigenvalue weighted by Gasteiger charge is -2.14. The summed E-state index contributed by atoms with van der Waals surface area (Å²) in [5.74, 6) is 1.14. The highest BCUT2D eigenvalue weighted by molar-refractivity contribution is 14.1. The molecule has 0 spiro atoms. The quantitative estimate of drug-likeness (QED) is 0.215. The van der Waals surface area contributed by atoms with Crippen LogP contribution in [0.1, 0.15) is 23.6 Å². The van der Waals surface area contributed by atoms with Crippen molar-refractivity contribution in [2.45, 2.75) is 20.0 Å². The molecule has 3 aromatic rings. The largest absolute Gasteiger partial charge is 0.493 e. The van der Waals surface area contributed by atoms with Gasteiger partial charge in [-0.3, -0.25) is 4.79 Å². The maximum absolute atomic E-state index is 12.5. The highest BCUT2D eigenvalue weighted by atomic mass is 127. The van der Waals surface area contributed by atoms with Gasteiger partial charge >= 0.3 is 0 Å². The number of carbonyl (C=O) groups is 1. The van der Waals surface area contributed by atoms with Crippen molar-refractivity contribution in [3.8, 4) is 11.5 Å². The van der Waals surface area contributed by atoms with Crippen LogP contribution in [0.2, 0.25) is 0 Å². The Morgan fingerprint density at radius 2 is 1.74 bits per heavy atom. The van der Waals surface area contributed by atoms with E-state index in [1.54, 1.807) is 7.11 Å². The number of nitrogens with zero attached hydrogens (tertiary/aromatic N) is 1. The molecule has 5 nitrogen and oxygen atoms in total. The molecule has 1 aliphatic rings. The number of hydrogen-bond acceptors (Lipinski definition) is 5. The normalized spacial score (nSPS) is 15.6. The number of methoxy groups -OCH3 is 1. The molecule has 174 valence electrons. The van der Waals surface area contributed by atoms with Gasteiger partial charge in [-0.2, -0.15) is 0 Å². The van der Waals surface area contributed by atoms with Gasteiger partial charge in [0, 0.05) is 3.57 Å². The van der Waals surface area contributed by atoms with Gasteiger partial charge in [0.25, 0.3) is 5.91 Å². The Morgan fingerprint density at radius 3 is 2.41 bits per heavy atom. The van der Waals surface area contributed by atoms with Crippen LogP contribution in [0.3, 0.4) is 0 Å². The molecule has 1 fully saturated rings. The minimum Gasteiger partial charge on any atom is -0.493 e. The average Bonchev–Trinajstić information content (AvgIpc) is 3.17. The zero-order valence-electron chi connectivity index (χ0n) is 18.6. The first-order valence-corrected chi connectivity index (χ1v) is 13.6. The number of aliphatic imine (C=N–C) groups is 1. The van der Waals surface area contributed by atoms with E-state index in [4.69, 9.17) is 9.47 Å².